The van der Waals surface area contributed by atoms with Crippen LogP contribution >= 0.6 is 11.6 Å². The molecule has 1 unspecified atom stereocenters. The number of anilines is 1. The molecule has 0 radical (unpaired) electrons. The van der Waals surface area contributed by atoms with Gasteiger partial charge in [0.1, 0.15) is 11.5 Å². The number of nitrogens with one attached hydrogen (secondary N) is 1. The fourth-order valence-electron chi connectivity index (χ4n) is 1.63. The van der Waals surface area contributed by atoms with Gasteiger partial charge in [-0.25, -0.2) is 0 Å². The molecule has 1 rings (SSSR count). The van der Waals surface area contributed by atoms with Gasteiger partial charge in [0.15, 0.2) is 0 Å². The van der Waals surface area contributed by atoms with E-state index < -0.39 is 0 Å². The van der Waals surface area contributed by atoms with Gasteiger partial charge in [-0.1, -0.05) is 18.5 Å². The van der Waals surface area contributed by atoms with Crippen molar-refractivity contribution < 1.29 is 14.2 Å². The molecule has 1 aromatic carbocycles. The second kappa shape index (κ2) is 7.34. The first-order chi connectivity index (χ1) is 8.62. The lowest BCUT2D eigenvalue weighted by atomic mass is 10.2. The maximum atomic E-state index is 6.04. The zero-order valence-electron chi connectivity index (χ0n) is 11.2. The third-order valence-electron chi connectivity index (χ3n) is 2.57. The van der Waals surface area contributed by atoms with Gasteiger partial charge in [-0.2, -0.15) is 0 Å². The Kier molecular flexibility index (Phi) is 6.09. The van der Waals surface area contributed by atoms with Gasteiger partial charge in [-0.3, -0.25) is 0 Å². The summed E-state index contributed by atoms with van der Waals surface area (Å²) < 4.78 is 15.6. The Bertz CT molecular complexity index is 385. The Labute approximate surface area is 113 Å². The molecule has 4 nitrogen and oxygen atoms in total. The molecule has 0 amide bonds. The van der Waals surface area contributed by atoms with Crippen LogP contribution in [0.15, 0.2) is 12.1 Å². The molecule has 5 heteroatoms. The standard InChI is InChI=1S/C13H20ClNO3/c1-9(8-16-2)7-15-11-6-12(17-3)10(14)5-13(11)18-4/h5-6,9,15H,7-8H2,1-4H3. The lowest BCUT2D eigenvalue weighted by molar-refractivity contribution is 0.164. The number of methoxy groups -OCH3 is 3. The topological polar surface area (TPSA) is 39.7 Å². The maximum Gasteiger partial charge on any atom is 0.143 e. The van der Waals surface area contributed by atoms with Gasteiger partial charge in [0, 0.05) is 25.8 Å². The van der Waals surface area contributed by atoms with Gasteiger partial charge in [-0.05, 0) is 5.92 Å². The van der Waals surface area contributed by atoms with Crippen molar-refractivity contribution in [2.24, 2.45) is 5.92 Å². The van der Waals surface area contributed by atoms with Crippen LogP contribution in [-0.4, -0.2) is 34.5 Å². The first-order valence-corrected chi connectivity index (χ1v) is 6.14. The van der Waals surface area contributed by atoms with Crippen LogP contribution in [0.2, 0.25) is 5.02 Å². The van der Waals surface area contributed by atoms with Crippen LogP contribution in [0.4, 0.5) is 5.69 Å². The summed E-state index contributed by atoms with van der Waals surface area (Å²) in [6.45, 7) is 3.60. The molecule has 1 N–H and O–H groups in total. The summed E-state index contributed by atoms with van der Waals surface area (Å²) in [5.41, 5.74) is 0.863. The number of ether oxygens (including phenoxy) is 3. The number of halogens is 1. The predicted molar refractivity (Wildman–Crippen MR) is 74.1 cm³/mol. The molecular formula is C13H20ClNO3. The minimum atomic E-state index is 0.404. The first kappa shape index (κ1) is 14.9. The molecule has 0 aliphatic heterocycles. The Morgan fingerprint density at radius 1 is 1.17 bits per heavy atom. The summed E-state index contributed by atoms with van der Waals surface area (Å²) in [6.07, 6.45) is 0. The molecule has 18 heavy (non-hydrogen) atoms. The molecule has 0 spiro atoms. The molecule has 0 fully saturated rings. The summed E-state index contributed by atoms with van der Waals surface area (Å²) in [5.74, 6) is 1.73. The molecule has 0 saturated heterocycles. The van der Waals surface area contributed by atoms with Crippen LogP contribution in [0.5, 0.6) is 11.5 Å². The van der Waals surface area contributed by atoms with Crippen LogP contribution in [-0.2, 0) is 4.74 Å². The van der Waals surface area contributed by atoms with Crippen LogP contribution < -0.4 is 14.8 Å². The number of benzene rings is 1. The highest BCUT2D eigenvalue weighted by atomic mass is 35.5. The number of hydrogen-bond donors (Lipinski definition) is 1. The van der Waals surface area contributed by atoms with E-state index in [-0.39, 0.29) is 0 Å². The molecule has 1 aromatic rings. The van der Waals surface area contributed by atoms with E-state index in [9.17, 15) is 0 Å². The van der Waals surface area contributed by atoms with Crippen molar-refractivity contribution in [3.05, 3.63) is 17.2 Å². The lowest BCUT2D eigenvalue weighted by Crippen LogP contribution is -2.16. The van der Waals surface area contributed by atoms with Crippen molar-refractivity contribution in [2.75, 3.05) is 39.8 Å². The van der Waals surface area contributed by atoms with Gasteiger partial charge in [0.25, 0.3) is 0 Å². The fraction of sp³-hybridized carbons (Fsp3) is 0.538. The average Bonchev–Trinajstić information content (AvgIpc) is 2.37. The number of hydrogen-bond acceptors (Lipinski definition) is 4. The van der Waals surface area contributed by atoms with E-state index in [1.165, 1.54) is 0 Å². The summed E-state index contributed by atoms with van der Waals surface area (Å²) in [6, 6.07) is 3.57. The molecular weight excluding hydrogens is 254 g/mol. The Morgan fingerprint density at radius 2 is 1.83 bits per heavy atom. The quantitative estimate of drug-likeness (QED) is 0.829. The van der Waals surface area contributed by atoms with Crippen LogP contribution in [0, 0.1) is 5.92 Å². The lowest BCUT2D eigenvalue weighted by Gasteiger charge is -2.16. The van der Waals surface area contributed by atoms with Crippen LogP contribution in [0.1, 0.15) is 6.92 Å². The van der Waals surface area contributed by atoms with E-state index in [1.54, 1.807) is 27.4 Å². The highest BCUT2D eigenvalue weighted by Crippen LogP contribution is 2.35. The zero-order valence-corrected chi connectivity index (χ0v) is 12.0. The van der Waals surface area contributed by atoms with Gasteiger partial charge in [0.05, 0.1) is 31.5 Å². The van der Waals surface area contributed by atoms with Crippen molar-refractivity contribution in [2.45, 2.75) is 6.92 Å². The Hall–Kier alpha value is -1.13. The van der Waals surface area contributed by atoms with Crippen molar-refractivity contribution in [1.82, 2.24) is 0 Å². The normalized spacial score (nSPS) is 12.1. The van der Waals surface area contributed by atoms with Crippen LogP contribution in [0.25, 0.3) is 0 Å². The summed E-state index contributed by atoms with van der Waals surface area (Å²) in [4.78, 5) is 0. The Balaban J connectivity index is 2.79. The average molecular weight is 274 g/mol. The molecule has 102 valence electrons. The van der Waals surface area contributed by atoms with Crippen LogP contribution in [0.3, 0.4) is 0 Å². The summed E-state index contributed by atoms with van der Waals surface area (Å²) in [5, 5.41) is 3.84. The maximum absolute atomic E-state index is 6.04. The highest BCUT2D eigenvalue weighted by molar-refractivity contribution is 6.32. The summed E-state index contributed by atoms with van der Waals surface area (Å²) in [7, 11) is 4.90. The van der Waals surface area contributed by atoms with E-state index in [0.29, 0.717) is 29.0 Å². The third-order valence-corrected chi connectivity index (χ3v) is 2.86. The highest BCUT2D eigenvalue weighted by Gasteiger charge is 2.10. The largest absolute Gasteiger partial charge is 0.495 e. The van der Waals surface area contributed by atoms with E-state index in [4.69, 9.17) is 25.8 Å². The monoisotopic (exact) mass is 273 g/mol. The fourth-order valence-corrected chi connectivity index (χ4v) is 1.86. The van der Waals surface area contributed by atoms with Gasteiger partial charge in [0.2, 0.25) is 0 Å². The third kappa shape index (κ3) is 3.96. The minimum absolute atomic E-state index is 0.404. The molecule has 0 bridgehead atoms. The van der Waals surface area contributed by atoms with Crippen molar-refractivity contribution in [3.63, 3.8) is 0 Å². The van der Waals surface area contributed by atoms with Gasteiger partial charge >= 0.3 is 0 Å². The van der Waals surface area contributed by atoms with Gasteiger partial charge < -0.3 is 19.5 Å². The molecule has 0 aliphatic rings. The molecule has 0 aliphatic carbocycles. The molecule has 0 aromatic heterocycles. The minimum Gasteiger partial charge on any atom is -0.495 e. The van der Waals surface area contributed by atoms with Crippen molar-refractivity contribution in [1.29, 1.82) is 0 Å². The summed E-state index contributed by atoms with van der Waals surface area (Å²) >= 11 is 6.04. The second-order valence-corrected chi connectivity index (χ2v) is 4.54. The first-order valence-electron chi connectivity index (χ1n) is 5.76. The Morgan fingerprint density at radius 3 is 2.39 bits per heavy atom. The zero-order chi connectivity index (χ0) is 13.5. The van der Waals surface area contributed by atoms with Crippen molar-refractivity contribution in [3.8, 4) is 11.5 Å². The van der Waals surface area contributed by atoms with E-state index in [1.807, 2.05) is 6.07 Å². The smallest absolute Gasteiger partial charge is 0.143 e. The SMILES string of the molecule is COCC(C)CNc1cc(OC)c(Cl)cc1OC. The van der Waals surface area contributed by atoms with Gasteiger partial charge in [-0.15, -0.1) is 0 Å². The van der Waals surface area contributed by atoms with E-state index in [0.717, 1.165) is 12.2 Å². The second-order valence-electron chi connectivity index (χ2n) is 4.13. The predicted octanol–water partition coefficient (Wildman–Crippen LogP) is 3.05. The van der Waals surface area contributed by atoms with Crippen molar-refractivity contribution >= 4 is 17.3 Å². The molecule has 0 saturated carbocycles. The number of rotatable bonds is 7. The van der Waals surface area contributed by atoms with E-state index in [2.05, 4.69) is 12.2 Å². The molecule has 0 heterocycles. The van der Waals surface area contributed by atoms with E-state index >= 15 is 0 Å². The molecule has 1 atom stereocenters.